The lowest BCUT2D eigenvalue weighted by Gasteiger charge is -2.04. The van der Waals surface area contributed by atoms with Gasteiger partial charge in [-0.3, -0.25) is 0 Å². The summed E-state index contributed by atoms with van der Waals surface area (Å²) < 4.78 is 0. The van der Waals surface area contributed by atoms with Crippen LogP contribution in [0.1, 0.15) is 18.9 Å². The summed E-state index contributed by atoms with van der Waals surface area (Å²) in [5.74, 6) is 0.512. The van der Waals surface area contributed by atoms with Gasteiger partial charge in [-0.05, 0) is 18.6 Å². The quantitative estimate of drug-likeness (QED) is 0.660. The average molecular weight is 250 g/mol. The molecule has 0 spiro atoms. The number of alkyl halides is 1. The maximum atomic E-state index is 6.02. The molecule has 0 aromatic heterocycles. The minimum absolute atomic E-state index is 0.512. The molecule has 0 saturated carbocycles. The Bertz CT molecular complexity index is 316. The van der Waals surface area contributed by atoms with Crippen molar-refractivity contribution in [2.75, 3.05) is 5.88 Å². The van der Waals surface area contributed by atoms with Crippen molar-refractivity contribution < 1.29 is 0 Å². The number of rotatable bonds is 3. The third-order valence-corrected chi connectivity index (χ3v) is 2.98. The third-order valence-electron chi connectivity index (χ3n) is 1.97. The molecule has 76 valence electrons. The molecule has 14 heavy (non-hydrogen) atoms. The van der Waals surface area contributed by atoms with Crippen LogP contribution in [0.4, 0.5) is 0 Å². The molecule has 0 atom stereocenters. The molecule has 0 aliphatic rings. The zero-order chi connectivity index (χ0) is 10.6. The summed E-state index contributed by atoms with van der Waals surface area (Å²) in [6.07, 6.45) is 2.86. The van der Waals surface area contributed by atoms with Crippen molar-refractivity contribution in [2.45, 2.75) is 13.3 Å². The van der Waals surface area contributed by atoms with E-state index < -0.39 is 0 Å². The number of hydrogen-bond donors (Lipinski definition) is 0. The molecule has 1 aromatic rings. The van der Waals surface area contributed by atoms with E-state index in [-0.39, 0.29) is 0 Å². The third kappa shape index (κ3) is 2.91. The molecule has 0 saturated heterocycles. The maximum Gasteiger partial charge on any atom is 0.0493 e. The molecule has 0 bridgehead atoms. The normalized spacial score (nSPS) is 11.9. The standard InChI is InChI=1S/C11H11Cl3/c1-2-8(7-12)6-9-10(13)4-3-5-11(9)14/h3-6H,2,7H2,1H3. The fraction of sp³-hybridized carbons (Fsp3) is 0.273. The van der Waals surface area contributed by atoms with Crippen molar-refractivity contribution in [3.05, 3.63) is 39.4 Å². The van der Waals surface area contributed by atoms with Crippen LogP contribution >= 0.6 is 34.8 Å². The lowest BCUT2D eigenvalue weighted by atomic mass is 10.1. The summed E-state index contributed by atoms with van der Waals surface area (Å²) >= 11 is 17.8. The SMILES string of the molecule is CCC(=Cc1c(Cl)cccc1Cl)CCl. The topological polar surface area (TPSA) is 0 Å². The van der Waals surface area contributed by atoms with Crippen molar-refractivity contribution in [3.63, 3.8) is 0 Å². The maximum absolute atomic E-state index is 6.02. The van der Waals surface area contributed by atoms with Crippen molar-refractivity contribution in [1.82, 2.24) is 0 Å². The van der Waals surface area contributed by atoms with Gasteiger partial charge in [-0.2, -0.15) is 0 Å². The predicted molar refractivity (Wildman–Crippen MR) is 65.5 cm³/mol. The summed E-state index contributed by atoms with van der Waals surface area (Å²) in [4.78, 5) is 0. The van der Waals surface area contributed by atoms with Gasteiger partial charge in [0.2, 0.25) is 0 Å². The van der Waals surface area contributed by atoms with Gasteiger partial charge in [0.25, 0.3) is 0 Å². The molecular formula is C11H11Cl3. The number of halogens is 3. The predicted octanol–water partition coefficient (Wildman–Crippen LogP) is 5.03. The summed E-state index contributed by atoms with van der Waals surface area (Å²) in [5, 5.41) is 1.32. The van der Waals surface area contributed by atoms with Crippen LogP contribution in [0.15, 0.2) is 23.8 Å². The van der Waals surface area contributed by atoms with Crippen LogP contribution in [0, 0.1) is 0 Å². The fourth-order valence-corrected chi connectivity index (χ4v) is 1.86. The van der Waals surface area contributed by atoms with Gasteiger partial charge in [0, 0.05) is 21.5 Å². The van der Waals surface area contributed by atoms with Crippen molar-refractivity contribution in [1.29, 1.82) is 0 Å². The zero-order valence-electron chi connectivity index (χ0n) is 7.86. The monoisotopic (exact) mass is 248 g/mol. The number of hydrogen-bond acceptors (Lipinski definition) is 0. The Kier molecular flexibility index (Phi) is 4.80. The van der Waals surface area contributed by atoms with E-state index in [0.717, 1.165) is 17.6 Å². The molecule has 3 heteroatoms. The van der Waals surface area contributed by atoms with Gasteiger partial charge in [0.05, 0.1) is 0 Å². The van der Waals surface area contributed by atoms with E-state index in [4.69, 9.17) is 34.8 Å². The highest BCUT2D eigenvalue weighted by atomic mass is 35.5. The second-order valence-electron chi connectivity index (χ2n) is 2.93. The Balaban J connectivity index is 3.12. The Morgan fingerprint density at radius 2 is 1.86 bits per heavy atom. The van der Waals surface area contributed by atoms with Gasteiger partial charge in [-0.15, -0.1) is 11.6 Å². The lowest BCUT2D eigenvalue weighted by molar-refractivity contribution is 1.12. The highest BCUT2D eigenvalue weighted by molar-refractivity contribution is 6.37. The Labute approximate surface area is 99.5 Å². The van der Waals surface area contributed by atoms with Crippen LogP contribution in [0.3, 0.4) is 0 Å². The van der Waals surface area contributed by atoms with Crippen molar-refractivity contribution >= 4 is 40.9 Å². The first-order valence-corrected chi connectivity index (χ1v) is 5.67. The molecule has 1 aromatic carbocycles. The molecule has 0 N–H and O–H groups in total. The molecule has 0 nitrogen and oxygen atoms in total. The fourth-order valence-electron chi connectivity index (χ4n) is 1.09. The van der Waals surface area contributed by atoms with Gasteiger partial charge >= 0.3 is 0 Å². The number of benzene rings is 1. The van der Waals surface area contributed by atoms with Crippen LogP contribution in [0.2, 0.25) is 10.0 Å². The van der Waals surface area contributed by atoms with Gasteiger partial charge in [0.15, 0.2) is 0 Å². The van der Waals surface area contributed by atoms with Crippen molar-refractivity contribution in [3.8, 4) is 0 Å². The van der Waals surface area contributed by atoms with Crippen LogP contribution < -0.4 is 0 Å². The largest absolute Gasteiger partial charge is 0.122 e. The van der Waals surface area contributed by atoms with E-state index in [9.17, 15) is 0 Å². The van der Waals surface area contributed by atoms with E-state index in [1.807, 2.05) is 24.3 Å². The Hall–Kier alpha value is -0.170. The molecule has 0 amide bonds. The first-order chi connectivity index (χ1) is 6.69. The summed E-state index contributed by atoms with van der Waals surface area (Å²) in [5.41, 5.74) is 1.98. The lowest BCUT2D eigenvalue weighted by Crippen LogP contribution is -1.84. The van der Waals surface area contributed by atoms with Gasteiger partial charge in [0.1, 0.15) is 0 Å². The summed E-state index contributed by atoms with van der Waals surface area (Å²) in [7, 11) is 0. The number of allylic oxidation sites excluding steroid dienone is 1. The van der Waals surface area contributed by atoms with Crippen molar-refractivity contribution in [2.24, 2.45) is 0 Å². The second-order valence-corrected chi connectivity index (χ2v) is 4.01. The van der Waals surface area contributed by atoms with Crippen LogP contribution in [-0.4, -0.2) is 5.88 Å². The molecule has 0 aliphatic heterocycles. The first kappa shape index (κ1) is 11.9. The Morgan fingerprint density at radius 3 is 2.29 bits per heavy atom. The van der Waals surface area contributed by atoms with E-state index >= 15 is 0 Å². The Morgan fingerprint density at radius 1 is 1.29 bits per heavy atom. The highest BCUT2D eigenvalue weighted by Crippen LogP contribution is 2.27. The molecule has 0 aliphatic carbocycles. The smallest absolute Gasteiger partial charge is 0.0493 e. The van der Waals surface area contributed by atoms with Gasteiger partial charge < -0.3 is 0 Å². The van der Waals surface area contributed by atoms with E-state index in [0.29, 0.717) is 15.9 Å². The van der Waals surface area contributed by atoms with Crippen LogP contribution in [0.5, 0.6) is 0 Å². The minimum atomic E-state index is 0.512. The van der Waals surface area contributed by atoms with E-state index in [2.05, 4.69) is 6.92 Å². The summed E-state index contributed by atoms with van der Waals surface area (Å²) in [6.45, 7) is 2.05. The van der Waals surface area contributed by atoms with Gasteiger partial charge in [-0.1, -0.05) is 47.8 Å². The molecule has 0 unspecified atom stereocenters. The molecule has 1 rings (SSSR count). The first-order valence-electron chi connectivity index (χ1n) is 4.38. The van der Waals surface area contributed by atoms with Crippen LogP contribution in [-0.2, 0) is 0 Å². The zero-order valence-corrected chi connectivity index (χ0v) is 10.1. The minimum Gasteiger partial charge on any atom is -0.122 e. The van der Waals surface area contributed by atoms with Gasteiger partial charge in [-0.25, -0.2) is 0 Å². The highest BCUT2D eigenvalue weighted by Gasteiger charge is 2.03. The molecule has 0 fully saturated rings. The summed E-state index contributed by atoms with van der Waals surface area (Å²) in [6, 6.07) is 5.47. The second kappa shape index (κ2) is 5.65. The molecule has 0 radical (unpaired) electrons. The average Bonchev–Trinajstić information content (AvgIpc) is 2.18. The van der Waals surface area contributed by atoms with Crippen LogP contribution in [0.25, 0.3) is 6.08 Å². The van der Waals surface area contributed by atoms with E-state index in [1.165, 1.54) is 0 Å². The van der Waals surface area contributed by atoms with E-state index in [1.54, 1.807) is 0 Å². The molecule has 0 heterocycles. The molecular weight excluding hydrogens is 238 g/mol.